The van der Waals surface area contributed by atoms with Crippen LogP contribution in [0.5, 0.6) is 0 Å². The van der Waals surface area contributed by atoms with E-state index in [0.29, 0.717) is 17.1 Å². The Balaban J connectivity index is 1.58. The van der Waals surface area contributed by atoms with Crippen molar-refractivity contribution in [1.82, 2.24) is 19.5 Å². The predicted octanol–water partition coefficient (Wildman–Crippen LogP) is 2.36. The standard InChI is InChI=1S/C17H16N4O/c22-17(15-7-4-9-21-12-18-19-16(15)21)20-10-8-14(11-20)13-5-2-1-3-6-13/h1-7,9,12,14H,8,10-11H2. The van der Waals surface area contributed by atoms with Gasteiger partial charge in [-0.25, -0.2) is 0 Å². The molecule has 1 aromatic carbocycles. The third kappa shape index (κ3) is 2.15. The lowest BCUT2D eigenvalue weighted by Gasteiger charge is -2.17. The molecule has 3 heterocycles. The molecule has 5 nitrogen and oxygen atoms in total. The van der Waals surface area contributed by atoms with Gasteiger partial charge in [-0.15, -0.1) is 10.2 Å². The molecule has 1 aliphatic rings. The first-order valence-electron chi connectivity index (χ1n) is 7.45. The topological polar surface area (TPSA) is 50.5 Å². The number of carbonyl (C=O) groups is 1. The van der Waals surface area contributed by atoms with E-state index >= 15 is 0 Å². The third-order valence-electron chi connectivity index (χ3n) is 4.30. The molecule has 0 radical (unpaired) electrons. The van der Waals surface area contributed by atoms with Crippen molar-refractivity contribution >= 4 is 11.6 Å². The fraction of sp³-hybridized carbons (Fsp3) is 0.235. The highest BCUT2D eigenvalue weighted by molar-refractivity contribution is 5.99. The van der Waals surface area contributed by atoms with Gasteiger partial charge in [-0.05, 0) is 24.1 Å². The largest absolute Gasteiger partial charge is 0.338 e. The van der Waals surface area contributed by atoms with Gasteiger partial charge >= 0.3 is 0 Å². The van der Waals surface area contributed by atoms with Gasteiger partial charge in [0, 0.05) is 25.2 Å². The maximum atomic E-state index is 12.8. The smallest absolute Gasteiger partial charge is 0.257 e. The first-order chi connectivity index (χ1) is 10.8. The Morgan fingerprint density at radius 3 is 2.86 bits per heavy atom. The number of carbonyl (C=O) groups excluding carboxylic acids is 1. The number of nitrogens with zero attached hydrogens (tertiary/aromatic N) is 4. The number of rotatable bonds is 2. The van der Waals surface area contributed by atoms with E-state index in [4.69, 9.17) is 0 Å². The van der Waals surface area contributed by atoms with Gasteiger partial charge in [-0.3, -0.25) is 9.20 Å². The average Bonchev–Trinajstić information content (AvgIpc) is 3.24. The van der Waals surface area contributed by atoms with Crippen LogP contribution in [-0.4, -0.2) is 38.5 Å². The van der Waals surface area contributed by atoms with Crippen LogP contribution < -0.4 is 0 Å². The maximum absolute atomic E-state index is 12.8. The molecule has 1 saturated heterocycles. The summed E-state index contributed by atoms with van der Waals surface area (Å²) in [5, 5.41) is 7.93. The van der Waals surface area contributed by atoms with Crippen molar-refractivity contribution in [3.8, 4) is 0 Å². The second-order valence-electron chi connectivity index (χ2n) is 5.63. The molecule has 1 aliphatic heterocycles. The van der Waals surface area contributed by atoms with Crippen LogP contribution in [0.4, 0.5) is 0 Å². The van der Waals surface area contributed by atoms with Crippen molar-refractivity contribution < 1.29 is 4.79 Å². The average molecular weight is 292 g/mol. The highest BCUT2D eigenvalue weighted by Crippen LogP contribution is 2.28. The summed E-state index contributed by atoms with van der Waals surface area (Å²) in [5.41, 5.74) is 2.54. The summed E-state index contributed by atoms with van der Waals surface area (Å²) in [4.78, 5) is 14.7. The van der Waals surface area contributed by atoms with Crippen molar-refractivity contribution in [2.75, 3.05) is 13.1 Å². The first-order valence-corrected chi connectivity index (χ1v) is 7.45. The highest BCUT2D eigenvalue weighted by Gasteiger charge is 2.29. The molecule has 0 saturated carbocycles. The van der Waals surface area contributed by atoms with E-state index in [1.54, 1.807) is 10.7 Å². The fourth-order valence-corrected chi connectivity index (χ4v) is 3.13. The minimum absolute atomic E-state index is 0.0389. The monoisotopic (exact) mass is 292 g/mol. The van der Waals surface area contributed by atoms with Crippen LogP contribution in [0.25, 0.3) is 5.65 Å². The van der Waals surface area contributed by atoms with E-state index in [-0.39, 0.29) is 5.91 Å². The zero-order chi connectivity index (χ0) is 14.9. The number of pyridine rings is 1. The third-order valence-corrected chi connectivity index (χ3v) is 4.30. The highest BCUT2D eigenvalue weighted by atomic mass is 16.2. The number of aromatic nitrogens is 3. The lowest BCUT2D eigenvalue weighted by Crippen LogP contribution is -2.29. The molecule has 1 fully saturated rings. The molecule has 0 N–H and O–H groups in total. The van der Waals surface area contributed by atoms with E-state index in [9.17, 15) is 4.79 Å². The van der Waals surface area contributed by atoms with Crippen LogP contribution >= 0.6 is 0 Å². The van der Waals surface area contributed by atoms with Crippen molar-refractivity contribution in [3.63, 3.8) is 0 Å². The van der Waals surface area contributed by atoms with E-state index in [2.05, 4.69) is 34.5 Å². The van der Waals surface area contributed by atoms with Gasteiger partial charge in [0.1, 0.15) is 6.33 Å². The van der Waals surface area contributed by atoms with E-state index in [0.717, 1.165) is 19.5 Å². The van der Waals surface area contributed by atoms with Crippen molar-refractivity contribution in [2.24, 2.45) is 0 Å². The Bertz CT molecular complexity index is 812. The van der Waals surface area contributed by atoms with E-state index in [1.165, 1.54) is 5.56 Å². The Labute approximate surface area is 128 Å². The Kier molecular flexibility index (Phi) is 3.11. The summed E-state index contributed by atoms with van der Waals surface area (Å²) in [6.07, 6.45) is 4.47. The molecule has 110 valence electrons. The molecule has 0 aliphatic carbocycles. The number of likely N-dealkylation sites (tertiary alicyclic amines) is 1. The van der Waals surface area contributed by atoms with Gasteiger partial charge in [0.15, 0.2) is 5.65 Å². The maximum Gasteiger partial charge on any atom is 0.257 e. The number of benzene rings is 1. The Morgan fingerprint density at radius 2 is 2.00 bits per heavy atom. The Morgan fingerprint density at radius 1 is 1.14 bits per heavy atom. The molecule has 1 amide bonds. The van der Waals surface area contributed by atoms with Crippen LogP contribution in [0.3, 0.4) is 0 Å². The van der Waals surface area contributed by atoms with Crippen LogP contribution in [0.15, 0.2) is 55.0 Å². The minimum Gasteiger partial charge on any atom is -0.338 e. The molecular formula is C17H16N4O. The van der Waals surface area contributed by atoms with Gasteiger partial charge < -0.3 is 4.90 Å². The number of hydrogen-bond donors (Lipinski definition) is 0. The lowest BCUT2D eigenvalue weighted by molar-refractivity contribution is 0.0792. The van der Waals surface area contributed by atoms with Gasteiger partial charge in [-0.2, -0.15) is 0 Å². The fourth-order valence-electron chi connectivity index (χ4n) is 3.13. The first kappa shape index (κ1) is 13.0. The summed E-state index contributed by atoms with van der Waals surface area (Å²) in [6, 6.07) is 14.1. The number of fused-ring (bicyclic) bond motifs is 1. The normalized spacial score (nSPS) is 18.0. The van der Waals surface area contributed by atoms with Crippen LogP contribution in [0.1, 0.15) is 28.3 Å². The summed E-state index contributed by atoms with van der Waals surface area (Å²) >= 11 is 0. The van der Waals surface area contributed by atoms with Crippen LogP contribution in [0.2, 0.25) is 0 Å². The minimum atomic E-state index is 0.0389. The molecule has 3 aromatic rings. The SMILES string of the molecule is O=C(c1cccn2cnnc12)N1CCC(c2ccccc2)C1. The van der Waals surface area contributed by atoms with Crippen molar-refractivity contribution in [1.29, 1.82) is 0 Å². The summed E-state index contributed by atoms with van der Waals surface area (Å²) in [7, 11) is 0. The van der Waals surface area contributed by atoms with Gasteiger partial charge in [0.25, 0.3) is 5.91 Å². The zero-order valence-corrected chi connectivity index (χ0v) is 12.1. The predicted molar refractivity (Wildman–Crippen MR) is 82.7 cm³/mol. The molecule has 2 aromatic heterocycles. The van der Waals surface area contributed by atoms with Crippen LogP contribution in [0, 0.1) is 0 Å². The quantitative estimate of drug-likeness (QED) is 0.728. The molecule has 0 spiro atoms. The number of hydrogen-bond acceptors (Lipinski definition) is 3. The second-order valence-corrected chi connectivity index (χ2v) is 5.63. The molecule has 1 atom stereocenters. The van der Waals surface area contributed by atoms with Crippen molar-refractivity contribution in [3.05, 3.63) is 66.1 Å². The van der Waals surface area contributed by atoms with Gasteiger partial charge in [-0.1, -0.05) is 30.3 Å². The molecule has 22 heavy (non-hydrogen) atoms. The molecule has 5 heteroatoms. The Hall–Kier alpha value is -2.69. The summed E-state index contributed by atoms with van der Waals surface area (Å²) in [5.74, 6) is 0.458. The summed E-state index contributed by atoms with van der Waals surface area (Å²) < 4.78 is 1.78. The molecule has 4 rings (SSSR count). The zero-order valence-electron chi connectivity index (χ0n) is 12.1. The lowest BCUT2D eigenvalue weighted by atomic mass is 9.99. The molecular weight excluding hydrogens is 276 g/mol. The number of amides is 1. The van der Waals surface area contributed by atoms with Gasteiger partial charge in [0.2, 0.25) is 0 Å². The van der Waals surface area contributed by atoms with E-state index in [1.807, 2.05) is 29.3 Å². The van der Waals surface area contributed by atoms with Crippen LogP contribution in [-0.2, 0) is 0 Å². The molecule has 1 unspecified atom stereocenters. The molecule has 0 bridgehead atoms. The second kappa shape index (κ2) is 5.26. The van der Waals surface area contributed by atoms with Crippen molar-refractivity contribution in [2.45, 2.75) is 12.3 Å². The van der Waals surface area contributed by atoms with Gasteiger partial charge in [0.05, 0.1) is 5.56 Å². The van der Waals surface area contributed by atoms with E-state index < -0.39 is 0 Å². The summed E-state index contributed by atoms with van der Waals surface area (Å²) in [6.45, 7) is 1.55.